The molecule has 0 saturated heterocycles. The fourth-order valence-electron chi connectivity index (χ4n) is 6.74. The average molecular weight is 595 g/mol. The molecular weight excluding hydrogens is 556 g/mol. The normalized spacial score (nSPS) is 11.8. The van der Waals surface area contributed by atoms with E-state index in [1.54, 1.807) is 0 Å². The predicted octanol–water partition coefficient (Wildman–Crippen LogP) is 12.1. The Hall–Kier alpha value is -5.60. The van der Waals surface area contributed by atoms with E-state index in [1.807, 2.05) is 12.2 Å². The van der Waals surface area contributed by atoms with Crippen molar-refractivity contribution in [1.29, 1.82) is 0 Å². The zero-order valence-electron chi connectivity index (χ0n) is 27.0. The molecule has 0 radical (unpaired) electrons. The molecule has 2 aromatic heterocycles. The molecule has 46 heavy (non-hydrogen) atoms. The first kappa shape index (κ1) is 29.1. The lowest BCUT2D eigenvalue weighted by molar-refractivity contribution is 1.05. The first-order chi connectivity index (χ1) is 22.5. The summed E-state index contributed by atoms with van der Waals surface area (Å²) in [6, 6.07) is 42.1. The van der Waals surface area contributed by atoms with Crippen LogP contribution in [0.2, 0.25) is 0 Å². The van der Waals surface area contributed by atoms with E-state index in [9.17, 15) is 0 Å². The molecule has 0 unspecified atom stereocenters. The fourth-order valence-corrected chi connectivity index (χ4v) is 6.74. The Morgan fingerprint density at radius 2 is 1.15 bits per heavy atom. The van der Waals surface area contributed by atoms with Crippen LogP contribution in [0.3, 0.4) is 0 Å². The van der Waals surface area contributed by atoms with Crippen LogP contribution in [0.5, 0.6) is 0 Å². The molecule has 0 atom stereocenters. The molecular formula is C44H38N2. The number of fused-ring (bicyclic) bond motifs is 2. The summed E-state index contributed by atoms with van der Waals surface area (Å²) in [4.78, 5) is 0. The molecule has 0 amide bonds. The van der Waals surface area contributed by atoms with Crippen LogP contribution in [0, 0.1) is 20.8 Å². The van der Waals surface area contributed by atoms with Crippen molar-refractivity contribution in [3.8, 4) is 33.6 Å². The number of para-hydroxylation sites is 1. The number of aryl methyl sites for hydroxylation is 2. The highest BCUT2D eigenvalue weighted by Gasteiger charge is 2.16. The molecule has 0 N–H and O–H groups in total. The molecule has 0 saturated carbocycles. The number of benzene rings is 5. The minimum absolute atomic E-state index is 1.13. The third-order valence-electron chi connectivity index (χ3n) is 9.12. The van der Waals surface area contributed by atoms with Crippen LogP contribution in [-0.4, -0.2) is 9.13 Å². The SMILES string of the molecule is C=CC=Cc1c(C)c2ccc(-c3ccc(C)cc3)cc2n1-c1ccc(-c2ccc(-n3c(C)c(C=CC)c4ccccc43)cc2)cc1. The van der Waals surface area contributed by atoms with Crippen molar-refractivity contribution < 1.29 is 0 Å². The van der Waals surface area contributed by atoms with Crippen LogP contribution in [-0.2, 0) is 0 Å². The van der Waals surface area contributed by atoms with Crippen LogP contribution in [0.1, 0.15) is 35.0 Å². The molecule has 0 spiro atoms. The summed E-state index contributed by atoms with van der Waals surface area (Å²) in [6.07, 6.45) is 10.3. The molecule has 0 aliphatic rings. The molecule has 0 aliphatic heterocycles. The van der Waals surface area contributed by atoms with Gasteiger partial charge < -0.3 is 9.13 Å². The second kappa shape index (κ2) is 12.1. The van der Waals surface area contributed by atoms with Gasteiger partial charge in [-0.3, -0.25) is 0 Å². The third kappa shape index (κ3) is 5.02. The Bertz CT molecular complexity index is 2270. The molecule has 2 heteroatoms. The zero-order valence-corrected chi connectivity index (χ0v) is 27.0. The van der Waals surface area contributed by atoms with Crippen molar-refractivity contribution in [1.82, 2.24) is 9.13 Å². The second-order valence-corrected chi connectivity index (χ2v) is 12.0. The van der Waals surface area contributed by atoms with Gasteiger partial charge >= 0.3 is 0 Å². The molecule has 0 bridgehead atoms. The summed E-state index contributed by atoms with van der Waals surface area (Å²) < 4.78 is 4.73. The van der Waals surface area contributed by atoms with E-state index in [1.165, 1.54) is 77.8 Å². The van der Waals surface area contributed by atoms with Gasteiger partial charge in [0.25, 0.3) is 0 Å². The van der Waals surface area contributed by atoms with Crippen molar-refractivity contribution in [2.45, 2.75) is 27.7 Å². The highest BCUT2D eigenvalue weighted by Crippen LogP contribution is 2.35. The second-order valence-electron chi connectivity index (χ2n) is 12.0. The van der Waals surface area contributed by atoms with E-state index in [-0.39, 0.29) is 0 Å². The van der Waals surface area contributed by atoms with E-state index in [0.717, 1.165) is 5.69 Å². The molecule has 7 aromatic rings. The van der Waals surface area contributed by atoms with Crippen molar-refractivity contribution in [3.63, 3.8) is 0 Å². The van der Waals surface area contributed by atoms with E-state index < -0.39 is 0 Å². The highest BCUT2D eigenvalue weighted by atomic mass is 15.0. The molecule has 0 fully saturated rings. The molecule has 224 valence electrons. The maximum absolute atomic E-state index is 3.92. The first-order valence-electron chi connectivity index (χ1n) is 15.9. The quantitative estimate of drug-likeness (QED) is 0.162. The van der Waals surface area contributed by atoms with E-state index >= 15 is 0 Å². The lowest BCUT2D eigenvalue weighted by atomic mass is 10.0. The highest BCUT2D eigenvalue weighted by molar-refractivity contribution is 5.94. The van der Waals surface area contributed by atoms with Gasteiger partial charge in [-0.2, -0.15) is 0 Å². The van der Waals surface area contributed by atoms with Gasteiger partial charge in [-0.1, -0.05) is 115 Å². The lowest BCUT2D eigenvalue weighted by Crippen LogP contribution is -1.98. The van der Waals surface area contributed by atoms with E-state index in [2.05, 4.69) is 177 Å². The average Bonchev–Trinajstić information content (AvgIpc) is 3.53. The standard InChI is InChI=1S/C44H38N2/c1-6-8-13-42-31(4)39-28-23-36(35-17-15-30(3)16-18-35)29-44(39)46(42)38-26-21-34(22-27-38)33-19-24-37(25-20-33)45-32(5)40(11-7-2)41-12-9-10-14-43(41)45/h6-29H,1H2,2-5H3. The van der Waals surface area contributed by atoms with Gasteiger partial charge in [-0.25, -0.2) is 0 Å². The van der Waals surface area contributed by atoms with Crippen LogP contribution in [0.4, 0.5) is 0 Å². The molecule has 5 aromatic carbocycles. The first-order valence-corrected chi connectivity index (χ1v) is 15.9. The minimum Gasteiger partial charge on any atom is -0.313 e. The number of nitrogens with zero attached hydrogens (tertiary/aromatic N) is 2. The van der Waals surface area contributed by atoms with Crippen LogP contribution in [0.15, 0.2) is 140 Å². The zero-order chi connectivity index (χ0) is 31.8. The summed E-state index contributed by atoms with van der Waals surface area (Å²) in [5.41, 5.74) is 15.8. The van der Waals surface area contributed by atoms with Crippen LogP contribution >= 0.6 is 0 Å². The predicted molar refractivity (Wildman–Crippen MR) is 199 cm³/mol. The van der Waals surface area contributed by atoms with Crippen molar-refractivity contribution in [2.24, 2.45) is 0 Å². The van der Waals surface area contributed by atoms with Gasteiger partial charge in [0.1, 0.15) is 0 Å². The largest absolute Gasteiger partial charge is 0.313 e. The Morgan fingerprint density at radius 3 is 1.80 bits per heavy atom. The Kier molecular flexibility index (Phi) is 7.64. The number of hydrogen-bond acceptors (Lipinski definition) is 0. The number of hydrogen-bond donors (Lipinski definition) is 0. The van der Waals surface area contributed by atoms with Gasteiger partial charge in [-0.15, -0.1) is 0 Å². The van der Waals surface area contributed by atoms with E-state index in [0.29, 0.717) is 0 Å². The summed E-state index contributed by atoms with van der Waals surface area (Å²) in [6.45, 7) is 12.5. The maximum atomic E-state index is 3.92. The molecule has 2 heterocycles. The summed E-state index contributed by atoms with van der Waals surface area (Å²) in [7, 11) is 0. The van der Waals surface area contributed by atoms with Gasteiger partial charge in [0.05, 0.1) is 11.0 Å². The van der Waals surface area contributed by atoms with Gasteiger partial charge in [0.2, 0.25) is 0 Å². The smallest absolute Gasteiger partial charge is 0.0543 e. The molecule has 7 rings (SSSR count). The summed E-state index contributed by atoms with van der Waals surface area (Å²) in [5, 5.41) is 2.53. The Morgan fingerprint density at radius 1 is 0.565 bits per heavy atom. The summed E-state index contributed by atoms with van der Waals surface area (Å²) >= 11 is 0. The monoisotopic (exact) mass is 594 g/mol. The number of aromatic nitrogens is 2. The maximum Gasteiger partial charge on any atom is 0.0543 e. The number of rotatable bonds is 7. The Balaban J connectivity index is 1.27. The van der Waals surface area contributed by atoms with Crippen LogP contribution < -0.4 is 0 Å². The van der Waals surface area contributed by atoms with Crippen molar-refractivity contribution in [2.75, 3.05) is 0 Å². The fraction of sp³-hybridized carbons (Fsp3) is 0.0909. The number of allylic oxidation sites excluding steroid dienone is 3. The molecule has 2 nitrogen and oxygen atoms in total. The molecule has 0 aliphatic carbocycles. The Labute approximate surface area is 271 Å². The van der Waals surface area contributed by atoms with Gasteiger partial charge in [0, 0.05) is 39.1 Å². The van der Waals surface area contributed by atoms with E-state index in [4.69, 9.17) is 0 Å². The lowest BCUT2D eigenvalue weighted by Gasteiger charge is -2.13. The van der Waals surface area contributed by atoms with Crippen molar-refractivity contribution >= 4 is 34.0 Å². The minimum atomic E-state index is 1.13. The van der Waals surface area contributed by atoms with Gasteiger partial charge in [-0.05, 0) is 98.0 Å². The van der Waals surface area contributed by atoms with Gasteiger partial charge in [0.15, 0.2) is 0 Å². The van der Waals surface area contributed by atoms with Crippen LogP contribution in [0.25, 0.3) is 67.6 Å². The summed E-state index contributed by atoms with van der Waals surface area (Å²) in [5.74, 6) is 0. The topological polar surface area (TPSA) is 9.86 Å². The third-order valence-corrected chi connectivity index (χ3v) is 9.12. The van der Waals surface area contributed by atoms with Crippen molar-refractivity contribution in [3.05, 3.63) is 168 Å².